The fourth-order valence-electron chi connectivity index (χ4n) is 2.75. The summed E-state index contributed by atoms with van der Waals surface area (Å²) in [6.07, 6.45) is 5.23. The van der Waals surface area contributed by atoms with E-state index >= 15 is 0 Å². The van der Waals surface area contributed by atoms with Gasteiger partial charge < -0.3 is 15.5 Å². The topological polar surface area (TPSA) is 94.0 Å². The monoisotopic (exact) mass is 286 g/mol. The molecule has 1 amide bonds. The highest BCUT2D eigenvalue weighted by atomic mass is 16.4. The predicted molar refractivity (Wildman–Crippen MR) is 78.3 cm³/mol. The van der Waals surface area contributed by atoms with Crippen molar-refractivity contribution in [2.45, 2.75) is 31.7 Å². The molecule has 0 saturated heterocycles. The Kier molecular flexibility index (Phi) is 3.96. The van der Waals surface area contributed by atoms with E-state index in [-0.39, 0.29) is 17.9 Å². The van der Waals surface area contributed by atoms with E-state index in [1.807, 2.05) is 24.3 Å². The molecular formula is C15H18N4O2. The number of hydrogen-bond acceptors (Lipinski definition) is 5. The van der Waals surface area contributed by atoms with Crippen LogP contribution in [0.15, 0.2) is 35.1 Å². The first-order chi connectivity index (χ1) is 10.2. The largest absolute Gasteiger partial charge is 0.423 e. The fourth-order valence-corrected chi connectivity index (χ4v) is 2.75. The molecule has 3 rings (SSSR count). The van der Waals surface area contributed by atoms with Crippen molar-refractivity contribution >= 4 is 11.6 Å². The van der Waals surface area contributed by atoms with Gasteiger partial charge in [-0.15, -0.1) is 10.2 Å². The zero-order valence-electron chi connectivity index (χ0n) is 11.7. The second-order valence-electron chi connectivity index (χ2n) is 5.37. The van der Waals surface area contributed by atoms with E-state index in [2.05, 4.69) is 15.5 Å². The van der Waals surface area contributed by atoms with Gasteiger partial charge in [0.15, 0.2) is 0 Å². The minimum atomic E-state index is -0.106. The van der Waals surface area contributed by atoms with Crippen LogP contribution in [0.5, 0.6) is 0 Å². The molecule has 0 radical (unpaired) electrons. The van der Waals surface area contributed by atoms with Gasteiger partial charge in [0.05, 0.1) is 5.92 Å². The van der Waals surface area contributed by atoms with Gasteiger partial charge in [0.2, 0.25) is 18.2 Å². The Morgan fingerprint density at radius 1 is 1.33 bits per heavy atom. The minimum absolute atomic E-state index is 0.00937. The molecule has 1 saturated carbocycles. The lowest BCUT2D eigenvalue weighted by atomic mass is 9.84. The molecule has 6 heteroatoms. The molecule has 6 nitrogen and oxygen atoms in total. The number of rotatable bonds is 3. The lowest BCUT2D eigenvalue weighted by Crippen LogP contribution is -2.40. The van der Waals surface area contributed by atoms with Crippen LogP contribution >= 0.6 is 0 Å². The van der Waals surface area contributed by atoms with Crippen molar-refractivity contribution in [2.75, 3.05) is 5.32 Å². The number of anilines is 1. The van der Waals surface area contributed by atoms with Gasteiger partial charge >= 0.3 is 0 Å². The van der Waals surface area contributed by atoms with Crippen LogP contribution in [0.1, 0.15) is 25.7 Å². The zero-order chi connectivity index (χ0) is 14.7. The van der Waals surface area contributed by atoms with Gasteiger partial charge in [-0.3, -0.25) is 4.79 Å². The molecule has 2 aromatic rings. The summed E-state index contributed by atoms with van der Waals surface area (Å²) in [7, 11) is 0. The van der Waals surface area contributed by atoms with Crippen molar-refractivity contribution in [1.82, 2.24) is 10.2 Å². The van der Waals surface area contributed by atoms with E-state index in [1.165, 1.54) is 6.39 Å². The van der Waals surface area contributed by atoms with E-state index in [0.29, 0.717) is 11.6 Å². The van der Waals surface area contributed by atoms with Crippen molar-refractivity contribution < 1.29 is 9.21 Å². The van der Waals surface area contributed by atoms with Gasteiger partial charge in [-0.2, -0.15) is 0 Å². The van der Waals surface area contributed by atoms with Crippen LogP contribution in [0.3, 0.4) is 0 Å². The van der Waals surface area contributed by atoms with E-state index < -0.39 is 0 Å². The summed E-state index contributed by atoms with van der Waals surface area (Å²) < 4.78 is 5.16. The highest BCUT2D eigenvalue weighted by molar-refractivity contribution is 5.93. The number of carbonyl (C=O) groups is 1. The van der Waals surface area contributed by atoms with E-state index in [1.54, 1.807) is 0 Å². The Morgan fingerprint density at radius 2 is 2.19 bits per heavy atom. The number of amides is 1. The maximum absolute atomic E-state index is 12.3. The summed E-state index contributed by atoms with van der Waals surface area (Å²) in [5.41, 5.74) is 7.54. The fraction of sp³-hybridized carbons (Fsp3) is 0.400. The predicted octanol–water partition coefficient (Wildman–Crippen LogP) is 2.19. The van der Waals surface area contributed by atoms with E-state index in [9.17, 15) is 4.79 Å². The Hall–Kier alpha value is -2.21. The van der Waals surface area contributed by atoms with Gasteiger partial charge in [0, 0.05) is 17.3 Å². The summed E-state index contributed by atoms with van der Waals surface area (Å²) in [5, 5.41) is 10.4. The molecular weight excluding hydrogens is 268 g/mol. The summed E-state index contributed by atoms with van der Waals surface area (Å²) in [6, 6.07) is 7.31. The maximum atomic E-state index is 12.3. The smallest absolute Gasteiger partial charge is 0.247 e. The van der Waals surface area contributed by atoms with Crippen molar-refractivity contribution in [1.29, 1.82) is 0 Å². The van der Waals surface area contributed by atoms with Crippen LogP contribution in [-0.2, 0) is 4.79 Å². The van der Waals surface area contributed by atoms with Crippen LogP contribution in [0.25, 0.3) is 11.5 Å². The molecule has 0 bridgehead atoms. The molecule has 1 heterocycles. The number of carbonyl (C=O) groups excluding carboxylic acids is 1. The van der Waals surface area contributed by atoms with Crippen LogP contribution < -0.4 is 11.1 Å². The molecule has 0 aliphatic heterocycles. The van der Waals surface area contributed by atoms with Crippen molar-refractivity contribution in [3.63, 3.8) is 0 Å². The van der Waals surface area contributed by atoms with Crippen molar-refractivity contribution in [3.8, 4) is 11.5 Å². The summed E-state index contributed by atoms with van der Waals surface area (Å²) in [4.78, 5) is 12.3. The van der Waals surface area contributed by atoms with E-state index in [0.717, 1.165) is 31.2 Å². The molecule has 110 valence electrons. The standard InChI is InChI=1S/C15H18N4O2/c16-13-7-2-1-6-12(13)14(20)18-11-5-3-4-10(8-11)15-19-17-9-21-15/h3-5,8-9,12-13H,1-2,6-7,16H2,(H,18,20). The second-order valence-corrected chi connectivity index (χ2v) is 5.37. The summed E-state index contributed by atoms with van der Waals surface area (Å²) >= 11 is 0. The molecule has 1 fully saturated rings. The van der Waals surface area contributed by atoms with E-state index in [4.69, 9.17) is 10.2 Å². The molecule has 1 aromatic carbocycles. The second kappa shape index (κ2) is 6.05. The number of benzene rings is 1. The van der Waals surface area contributed by atoms with Gasteiger partial charge in [0.25, 0.3) is 0 Å². The number of nitrogens with one attached hydrogen (secondary N) is 1. The first-order valence-electron chi connectivity index (χ1n) is 7.17. The number of nitrogens with two attached hydrogens (primary N) is 1. The molecule has 2 unspecified atom stereocenters. The minimum Gasteiger partial charge on any atom is -0.423 e. The van der Waals surface area contributed by atoms with Crippen LogP contribution in [0, 0.1) is 5.92 Å². The van der Waals surface area contributed by atoms with Gasteiger partial charge in [-0.25, -0.2) is 0 Å². The maximum Gasteiger partial charge on any atom is 0.247 e. The average Bonchev–Trinajstić information content (AvgIpc) is 3.02. The Morgan fingerprint density at radius 3 is 2.95 bits per heavy atom. The number of aromatic nitrogens is 2. The zero-order valence-corrected chi connectivity index (χ0v) is 11.7. The highest BCUT2D eigenvalue weighted by Crippen LogP contribution is 2.25. The molecule has 2 atom stereocenters. The third-order valence-electron chi connectivity index (χ3n) is 3.89. The highest BCUT2D eigenvalue weighted by Gasteiger charge is 2.28. The van der Waals surface area contributed by atoms with Gasteiger partial charge in [-0.05, 0) is 31.0 Å². The Labute approximate surface area is 122 Å². The van der Waals surface area contributed by atoms with Gasteiger partial charge in [-0.1, -0.05) is 18.9 Å². The first kappa shape index (κ1) is 13.8. The quantitative estimate of drug-likeness (QED) is 0.902. The summed E-state index contributed by atoms with van der Waals surface area (Å²) in [6.45, 7) is 0. The Balaban J connectivity index is 1.73. The molecule has 21 heavy (non-hydrogen) atoms. The molecule has 3 N–H and O–H groups in total. The van der Waals surface area contributed by atoms with Crippen LogP contribution in [0.2, 0.25) is 0 Å². The lowest BCUT2D eigenvalue weighted by molar-refractivity contribution is -0.121. The first-order valence-corrected chi connectivity index (χ1v) is 7.17. The van der Waals surface area contributed by atoms with Crippen molar-refractivity contribution in [2.24, 2.45) is 11.7 Å². The third kappa shape index (κ3) is 3.11. The normalized spacial score (nSPS) is 22.0. The number of hydrogen-bond donors (Lipinski definition) is 2. The molecule has 1 aromatic heterocycles. The molecule has 0 spiro atoms. The SMILES string of the molecule is NC1CCCCC1C(=O)Nc1cccc(-c2nnco2)c1. The van der Waals surface area contributed by atoms with Crippen molar-refractivity contribution in [3.05, 3.63) is 30.7 Å². The van der Waals surface area contributed by atoms with Gasteiger partial charge in [0.1, 0.15) is 0 Å². The molecule has 1 aliphatic carbocycles. The third-order valence-corrected chi connectivity index (χ3v) is 3.89. The summed E-state index contributed by atoms with van der Waals surface area (Å²) in [5.74, 6) is 0.316. The van der Waals surface area contributed by atoms with Crippen LogP contribution in [-0.4, -0.2) is 22.1 Å². The average molecular weight is 286 g/mol. The number of nitrogens with zero attached hydrogens (tertiary/aromatic N) is 2. The Bertz CT molecular complexity index is 612. The lowest BCUT2D eigenvalue weighted by Gasteiger charge is -2.27. The molecule has 1 aliphatic rings. The van der Waals surface area contributed by atoms with Crippen LogP contribution in [0.4, 0.5) is 5.69 Å².